The topological polar surface area (TPSA) is 44.2 Å². The lowest BCUT2D eigenvalue weighted by atomic mass is 10.2. The number of rotatable bonds is 4. The van der Waals surface area contributed by atoms with Gasteiger partial charge in [-0.25, -0.2) is 9.97 Å². The van der Waals surface area contributed by atoms with Crippen molar-refractivity contribution >= 4 is 11.6 Å². The highest BCUT2D eigenvalue weighted by molar-refractivity contribution is 6.30. The second-order valence-corrected chi connectivity index (χ2v) is 4.26. The van der Waals surface area contributed by atoms with Crippen LogP contribution in [0.15, 0.2) is 30.6 Å². The van der Waals surface area contributed by atoms with E-state index in [2.05, 4.69) is 14.7 Å². The first kappa shape index (κ1) is 15.4. The van der Waals surface area contributed by atoms with Crippen LogP contribution in [0.3, 0.4) is 0 Å². The molecule has 0 aliphatic rings. The molecule has 0 amide bonds. The van der Waals surface area contributed by atoms with Gasteiger partial charge < -0.3 is 9.47 Å². The molecule has 2 rings (SSSR count). The van der Waals surface area contributed by atoms with Gasteiger partial charge in [-0.15, -0.1) is 13.2 Å². The van der Waals surface area contributed by atoms with Crippen LogP contribution in [0, 0.1) is 0 Å². The average Bonchev–Trinajstić information content (AvgIpc) is 2.40. The van der Waals surface area contributed by atoms with Crippen LogP contribution in [0.2, 0.25) is 5.15 Å². The van der Waals surface area contributed by atoms with E-state index in [9.17, 15) is 13.2 Å². The van der Waals surface area contributed by atoms with Crippen molar-refractivity contribution in [3.8, 4) is 17.4 Å². The van der Waals surface area contributed by atoms with Gasteiger partial charge >= 0.3 is 6.36 Å². The van der Waals surface area contributed by atoms with E-state index in [1.165, 1.54) is 24.5 Å². The average molecular weight is 319 g/mol. The van der Waals surface area contributed by atoms with Crippen molar-refractivity contribution in [1.29, 1.82) is 0 Å². The predicted molar refractivity (Wildman–Crippen MR) is 69.6 cm³/mol. The lowest BCUT2D eigenvalue weighted by Gasteiger charge is -2.14. The number of hydrogen-bond donors (Lipinski definition) is 0. The van der Waals surface area contributed by atoms with E-state index in [1.807, 2.05) is 0 Å². The van der Waals surface area contributed by atoms with Gasteiger partial charge in [-0.05, 0) is 18.6 Å². The van der Waals surface area contributed by atoms with E-state index in [-0.39, 0.29) is 16.8 Å². The second-order valence-electron chi connectivity index (χ2n) is 3.90. The van der Waals surface area contributed by atoms with Gasteiger partial charge in [-0.3, -0.25) is 0 Å². The molecule has 0 fully saturated rings. The van der Waals surface area contributed by atoms with E-state index in [1.54, 1.807) is 6.92 Å². The normalized spacial score (nSPS) is 11.3. The molecule has 112 valence electrons. The van der Waals surface area contributed by atoms with Crippen LogP contribution in [0.25, 0.3) is 0 Å². The van der Waals surface area contributed by atoms with Gasteiger partial charge in [0.25, 0.3) is 0 Å². The first-order chi connectivity index (χ1) is 9.90. The molecule has 2 aromatic rings. The van der Waals surface area contributed by atoms with Crippen molar-refractivity contribution in [2.24, 2.45) is 0 Å². The summed E-state index contributed by atoms with van der Waals surface area (Å²) in [5.41, 5.74) is 0.501. The zero-order valence-electron chi connectivity index (χ0n) is 10.8. The first-order valence-electron chi connectivity index (χ1n) is 5.92. The van der Waals surface area contributed by atoms with Gasteiger partial charge in [0.15, 0.2) is 11.5 Å². The summed E-state index contributed by atoms with van der Waals surface area (Å²) in [6.45, 7) is 1.80. The van der Waals surface area contributed by atoms with Crippen LogP contribution >= 0.6 is 11.6 Å². The van der Waals surface area contributed by atoms with Gasteiger partial charge in [0, 0.05) is 0 Å². The number of hydrogen-bond acceptors (Lipinski definition) is 4. The van der Waals surface area contributed by atoms with Gasteiger partial charge in [0.05, 0.1) is 5.56 Å². The summed E-state index contributed by atoms with van der Waals surface area (Å²) in [5, 5.41) is 0.191. The van der Waals surface area contributed by atoms with Gasteiger partial charge in [-0.1, -0.05) is 30.7 Å². The maximum atomic E-state index is 12.3. The minimum absolute atomic E-state index is 0.0933. The van der Waals surface area contributed by atoms with Crippen LogP contribution in [0.1, 0.15) is 12.5 Å². The lowest BCUT2D eigenvalue weighted by Crippen LogP contribution is -2.17. The minimum Gasteiger partial charge on any atom is -0.435 e. The molecule has 0 aliphatic heterocycles. The Morgan fingerprint density at radius 1 is 1.14 bits per heavy atom. The quantitative estimate of drug-likeness (QED) is 0.785. The molecular weight excluding hydrogens is 309 g/mol. The molecule has 0 saturated heterocycles. The van der Waals surface area contributed by atoms with Crippen LogP contribution in [-0.4, -0.2) is 16.3 Å². The summed E-state index contributed by atoms with van der Waals surface area (Å²) in [6.07, 6.45) is -3.17. The Kier molecular flexibility index (Phi) is 4.52. The Bertz CT molecular complexity index is 635. The van der Waals surface area contributed by atoms with Crippen LogP contribution < -0.4 is 9.47 Å². The van der Waals surface area contributed by atoms with Crippen molar-refractivity contribution < 1.29 is 22.6 Å². The molecule has 0 bridgehead atoms. The molecule has 1 aromatic heterocycles. The number of para-hydroxylation sites is 2. The number of benzene rings is 1. The number of nitrogens with zero attached hydrogens (tertiary/aromatic N) is 2. The fourth-order valence-corrected chi connectivity index (χ4v) is 1.87. The molecule has 0 N–H and O–H groups in total. The van der Waals surface area contributed by atoms with Gasteiger partial charge in [-0.2, -0.15) is 0 Å². The predicted octanol–water partition coefficient (Wildman–Crippen LogP) is 4.38. The fourth-order valence-electron chi connectivity index (χ4n) is 1.61. The zero-order valence-corrected chi connectivity index (χ0v) is 11.6. The Balaban J connectivity index is 2.34. The smallest absolute Gasteiger partial charge is 0.435 e. The van der Waals surface area contributed by atoms with E-state index >= 15 is 0 Å². The Hall–Kier alpha value is -2.02. The first-order valence-corrected chi connectivity index (χ1v) is 6.30. The Labute approximate surface area is 123 Å². The molecule has 0 unspecified atom stereocenters. The Morgan fingerprint density at radius 3 is 2.43 bits per heavy atom. The van der Waals surface area contributed by atoms with Crippen LogP contribution in [0.5, 0.6) is 17.4 Å². The van der Waals surface area contributed by atoms with Crippen molar-refractivity contribution in [2.75, 3.05) is 0 Å². The maximum absolute atomic E-state index is 12.3. The molecule has 0 atom stereocenters. The molecule has 0 spiro atoms. The number of ether oxygens (including phenoxy) is 2. The molecule has 21 heavy (non-hydrogen) atoms. The Morgan fingerprint density at radius 2 is 1.81 bits per heavy atom. The standard InChI is InChI=1S/C13H10ClF3N2O2/c1-2-8-11(14)18-7-19-12(8)20-9-5-3-4-6-10(9)21-13(15,16)17/h3-7H,2H2,1H3. The van der Waals surface area contributed by atoms with Crippen LogP contribution in [0.4, 0.5) is 13.2 Å². The SMILES string of the molecule is CCc1c(Cl)ncnc1Oc1ccccc1OC(F)(F)F. The van der Waals surface area contributed by atoms with Crippen molar-refractivity contribution in [1.82, 2.24) is 9.97 Å². The highest BCUT2D eigenvalue weighted by Gasteiger charge is 2.32. The third kappa shape index (κ3) is 3.98. The lowest BCUT2D eigenvalue weighted by molar-refractivity contribution is -0.275. The van der Waals surface area contributed by atoms with Gasteiger partial charge in [0.1, 0.15) is 11.5 Å². The molecular formula is C13H10ClF3N2O2. The van der Waals surface area contributed by atoms with Crippen molar-refractivity contribution in [3.63, 3.8) is 0 Å². The summed E-state index contributed by atoms with van der Waals surface area (Å²) < 4.78 is 46.3. The van der Waals surface area contributed by atoms with Gasteiger partial charge in [0.2, 0.25) is 5.88 Å². The number of halogens is 4. The summed E-state index contributed by atoms with van der Waals surface area (Å²) in [5.74, 6) is -0.475. The molecule has 1 aromatic carbocycles. The highest BCUT2D eigenvalue weighted by Crippen LogP contribution is 2.36. The zero-order chi connectivity index (χ0) is 15.5. The van der Waals surface area contributed by atoms with Crippen LogP contribution in [-0.2, 0) is 6.42 Å². The largest absolute Gasteiger partial charge is 0.573 e. The van der Waals surface area contributed by atoms with E-state index in [0.29, 0.717) is 12.0 Å². The van der Waals surface area contributed by atoms with E-state index < -0.39 is 12.1 Å². The summed E-state index contributed by atoms with van der Waals surface area (Å²) in [4.78, 5) is 7.69. The molecule has 0 saturated carbocycles. The second kappa shape index (κ2) is 6.17. The summed E-state index contributed by atoms with van der Waals surface area (Å²) in [6, 6.07) is 5.42. The van der Waals surface area contributed by atoms with E-state index in [4.69, 9.17) is 16.3 Å². The minimum atomic E-state index is -4.81. The number of alkyl halides is 3. The molecule has 0 aliphatic carbocycles. The molecule has 0 radical (unpaired) electrons. The molecule has 4 nitrogen and oxygen atoms in total. The highest BCUT2D eigenvalue weighted by atomic mass is 35.5. The third-order valence-electron chi connectivity index (χ3n) is 2.49. The molecule has 8 heteroatoms. The third-order valence-corrected chi connectivity index (χ3v) is 2.81. The van der Waals surface area contributed by atoms with E-state index in [0.717, 1.165) is 6.07 Å². The summed E-state index contributed by atoms with van der Waals surface area (Å²) >= 11 is 5.90. The number of aromatic nitrogens is 2. The fraction of sp³-hybridized carbons (Fsp3) is 0.231. The maximum Gasteiger partial charge on any atom is 0.573 e. The van der Waals surface area contributed by atoms with Crippen molar-refractivity contribution in [3.05, 3.63) is 41.3 Å². The van der Waals surface area contributed by atoms with Crippen molar-refractivity contribution in [2.45, 2.75) is 19.7 Å². The summed E-state index contributed by atoms with van der Waals surface area (Å²) in [7, 11) is 0. The molecule has 1 heterocycles. The monoisotopic (exact) mass is 318 g/mol.